The van der Waals surface area contributed by atoms with Gasteiger partial charge in [-0.05, 0) is 19.4 Å². The molecule has 16 heavy (non-hydrogen) atoms. The minimum atomic E-state index is -0.548. The monoisotopic (exact) mass is 222 g/mol. The molecule has 3 nitrogen and oxygen atoms in total. The van der Waals surface area contributed by atoms with E-state index in [1.165, 1.54) is 19.6 Å². The van der Waals surface area contributed by atoms with Gasteiger partial charge < -0.3 is 9.47 Å². The Bertz CT molecular complexity index is 343. The van der Waals surface area contributed by atoms with Crippen molar-refractivity contribution < 1.29 is 14.3 Å². The molecule has 1 rings (SSSR count). The van der Waals surface area contributed by atoms with Crippen LogP contribution in [0, 0.1) is 6.92 Å². The largest absolute Gasteiger partial charge is 0.374 e. The zero-order valence-corrected chi connectivity index (χ0v) is 10.2. The lowest BCUT2D eigenvalue weighted by molar-refractivity contribution is -0.135. The highest BCUT2D eigenvalue weighted by Gasteiger charge is 2.26. The molecule has 0 saturated heterocycles. The van der Waals surface area contributed by atoms with Crippen LogP contribution in [0.25, 0.3) is 0 Å². The SMILES string of the molecule is CO[C@@H](C(C)=O)[C@@H](OC)c1ccc(C)cc1. The molecule has 0 aliphatic rings. The average Bonchev–Trinajstić information content (AvgIpc) is 2.26. The first-order chi connectivity index (χ1) is 7.60. The molecule has 0 aromatic heterocycles. The van der Waals surface area contributed by atoms with Gasteiger partial charge in [0, 0.05) is 14.2 Å². The van der Waals surface area contributed by atoms with Crippen LogP contribution in [0.1, 0.15) is 24.2 Å². The van der Waals surface area contributed by atoms with Gasteiger partial charge in [-0.15, -0.1) is 0 Å². The van der Waals surface area contributed by atoms with Crippen LogP contribution in [0.15, 0.2) is 24.3 Å². The first kappa shape index (κ1) is 12.9. The zero-order valence-electron chi connectivity index (χ0n) is 10.2. The number of carbonyl (C=O) groups excluding carboxylic acids is 1. The Morgan fingerprint density at radius 1 is 1.12 bits per heavy atom. The number of hydrogen-bond donors (Lipinski definition) is 0. The van der Waals surface area contributed by atoms with E-state index in [4.69, 9.17) is 9.47 Å². The Labute approximate surface area is 96.4 Å². The van der Waals surface area contributed by atoms with E-state index in [2.05, 4.69) is 0 Å². The third kappa shape index (κ3) is 2.90. The summed E-state index contributed by atoms with van der Waals surface area (Å²) in [5.74, 6) is -0.0325. The molecule has 0 heterocycles. The number of ether oxygens (including phenoxy) is 2. The second-order valence-electron chi connectivity index (χ2n) is 3.83. The van der Waals surface area contributed by atoms with Gasteiger partial charge >= 0.3 is 0 Å². The van der Waals surface area contributed by atoms with E-state index in [-0.39, 0.29) is 11.9 Å². The highest BCUT2D eigenvalue weighted by atomic mass is 16.5. The van der Waals surface area contributed by atoms with Crippen molar-refractivity contribution in [3.63, 3.8) is 0 Å². The lowest BCUT2D eigenvalue weighted by Crippen LogP contribution is -2.29. The predicted molar refractivity (Wildman–Crippen MR) is 62.4 cm³/mol. The fraction of sp³-hybridized carbons (Fsp3) is 0.462. The van der Waals surface area contributed by atoms with E-state index in [1.807, 2.05) is 31.2 Å². The van der Waals surface area contributed by atoms with Gasteiger partial charge in [0.2, 0.25) is 0 Å². The summed E-state index contributed by atoms with van der Waals surface area (Å²) >= 11 is 0. The molecule has 0 aliphatic carbocycles. The molecule has 0 aliphatic heterocycles. The van der Waals surface area contributed by atoms with Crippen LogP contribution in [0.3, 0.4) is 0 Å². The van der Waals surface area contributed by atoms with Gasteiger partial charge in [-0.3, -0.25) is 4.79 Å². The number of ketones is 1. The Kier molecular flexibility index (Phi) is 4.65. The van der Waals surface area contributed by atoms with Crippen LogP contribution in [-0.2, 0) is 14.3 Å². The van der Waals surface area contributed by atoms with Crippen LogP contribution in [-0.4, -0.2) is 26.1 Å². The summed E-state index contributed by atoms with van der Waals surface area (Å²) < 4.78 is 10.5. The molecular formula is C13H18O3. The van der Waals surface area contributed by atoms with Crippen LogP contribution in [0.4, 0.5) is 0 Å². The highest BCUT2D eigenvalue weighted by molar-refractivity contribution is 5.81. The summed E-state index contributed by atoms with van der Waals surface area (Å²) in [5, 5.41) is 0. The smallest absolute Gasteiger partial charge is 0.161 e. The van der Waals surface area contributed by atoms with Gasteiger partial charge in [-0.25, -0.2) is 0 Å². The van der Waals surface area contributed by atoms with Gasteiger partial charge in [0.25, 0.3) is 0 Å². The van der Waals surface area contributed by atoms with Crippen molar-refractivity contribution in [3.05, 3.63) is 35.4 Å². The van der Waals surface area contributed by atoms with Gasteiger partial charge in [0.15, 0.2) is 5.78 Å². The van der Waals surface area contributed by atoms with Crippen molar-refractivity contribution >= 4 is 5.78 Å². The van der Waals surface area contributed by atoms with E-state index in [9.17, 15) is 4.79 Å². The number of hydrogen-bond acceptors (Lipinski definition) is 3. The molecule has 0 fully saturated rings. The summed E-state index contributed by atoms with van der Waals surface area (Å²) in [6.07, 6.45) is -0.893. The Balaban J connectivity index is 2.96. The summed E-state index contributed by atoms with van der Waals surface area (Å²) in [6, 6.07) is 7.90. The van der Waals surface area contributed by atoms with Crippen molar-refractivity contribution in [1.82, 2.24) is 0 Å². The number of benzene rings is 1. The molecular weight excluding hydrogens is 204 g/mol. The molecule has 0 spiro atoms. The number of Topliss-reactive ketones (excluding diaryl/α,β-unsaturated/α-hetero) is 1. The molecule has 0 N–H and O–H groups in total. The highest BCUT2D eigenvalue weighted by Crippen LogP contribution is 2.23. The Morgan fingerprint density at radius 3 is 2.06 bits per heavy atom. The number of carbonyl (C=O) groups is 1. The fourth-order valence-corrected chi connectivity index (χ4v) is 1.69. The quantitative estimate of drug-likeness (QED) is 0.766. The molecule has 0 bridgehead atoms. The van der Waals surface area contributed by atoms with Crippen LogP contribution < -0.4 is 0 Å². The summed E-state index contributed by atoms with van der Waals surface area (Å²) in [6.45, 7) is 3.53. The fourth-order valence-electron chi connectivity index (χ4n) is 1.69. The Hall–Kier alpha value is -1.19. The lowest BCUT2D eigenvalue weighted by atomic mass is 10.0. The van der Waals surface area contributed by atoms with E-state index in [0.29, 0.717) is 0 Å². The Morgan fingerprint density at radius 2 is 1.69 bits per heavy atom. The minimum absolute atomic E-state index is 0.0325. The standard InChI is InChI=1S/C13H18O3/c1-9-5-7-11(8-6-9)13(16-4)12(15-3)10(2)14/h5-8,12-13H,1-4H3/t12-,13-/m0/s1. The maximum Gasteiger partial charge on any atom is 0.161 e. The molecule has 1 aromatic carbocycles. The first-order valence-corrected chi connectivity index (χ1v) is 5.22. The minimum Gasteiger partial charge on any atom is -0.374 e. The molecule has 0 amide bonds. The number of rotatable bonds is 5. The topological polar surface area (TPSA) is 35.5 Å². The van der Waals surface area contributed by atoms with Gasteiger partial charge in [0.1, 0.15) is 12.2 Å². The summed E-state index contributed by atoms with van der Waals surface area (Å²) in [7, 11) is 3.10. The normalized spacial score (nSPS) is 14.5. The molecule has 3 heteroatoms. The number of aryl methyl sites for hydroxylation is 1. The second kappa shape index (κ2) is 5.77. The van der Waals surface area contributed by atoms with E-state index >= 15 is 0 Å². The van der Waals surface area contributed by atoms with E-state index in [0.717, 1.165) is 5.56 Å². The maximum absolute atomic E-state index is 11.4. The van der Waals surface area contributed by atoms with E-state index in [1.54, 1.807) is 7.11 Å². The molecule has 88 valence electrons. The first-order valence-electron chi connectivity index (χ1n) is 5.22. The van der Waals surface area contributed by atoms with Crippen molar-refractivity contribution in [1.29, 1.82) is 0 Å². The van der Waals surface area contributed by atoms with Gasteiger partial charge in [-0.2, -0.15) is 0 Å². The maximum atomic E-state index is 11.4. The molecule has 0 saturated carbocycles. The van der Waals surface area contributed by atoms with E-state index < -0.39 is 6.10 Å². The lowest BCUT2D eigenvalue weighted by Gasteiger charge is -2.23. The van der Waals surface area contributed by atoms with Crippen LogP contribution in [0.2, 0.25) is 0 Å². The number of methoxy groups -OCH3 is 2. The van der Waals surface area contributed by atoms with Crippen molar-refractivity contribution in [3.8, 4) is 0 Å². The van der Waals surface area contributed by atoms with Crippen molar-refractivity contribution in [2.45, 2.75) is 26.1 Å². The van der Waals surface area contributed by atoms with Crippen molar-refractivity contribution in [2.24, 2.45) is 0 Å². The van der Waals surface area contributed by atoms with Gasteiger partial charge in [-0.1, -0.05) is 29.8 Å². The van der Waals surface area contributed by atoms with Crippen LogP contribution >= 0.6 is 0 Å². The average molecular weight is 222 g/mol. The summed E-state index contributed by atoms with van der Waals surface area (Å²) in [5.41, 5.74) is 2.13. The summed E-state index contributed by atoms with van der Waals surface area (Å²) in [4.78, 5) is 11.4. The zero-order chi connectivity index (χ0) is 12.1. The third-order valence-corrected chi connectivity index (χ3v) is 2.59. The third-order valence-electron chi connectivity index (χ3n) is 2.59. The molecule has 1 aromatic rings. The van der Waals surface area contributed by atoms with Crippen LogP contribution in [0.5, 0.6) is 0 Å². The van der Waals surface area contributed by atoms with Gasteiger partial charge in [0.05, 0.1) is 0 Å². The predicted octanol–water partition coefficient (Wildman–Crippen LogP) is 2.29. The van der Waals surface area contributed by atoms with Crippen molar-refractivity contribution in [2.75, 3.05) is 14.2 Å². The molecule has 0 unspecified atom stereocenters. The molecule has 0 radical (unpaired) electrons. The second-order valence-corrected chi connectivity index (χ2v) is 3.83. The molecule has 2 atom stereocenters.